The number of nitro benzene ring substituents is 1. The summed E-state index contributed by atoms with van der Waals surface area (Å²) in [6.45, 7) is 6.77. The third kappa shape index (κ3) is 4.04. The first-order valence-electron chi connectivity index (χ1n) is 7.49. The minimum Gasteiger partial charge on any atom is -0.367 e. The van der Waals surface area contributed by atoms with Crippen LogP contribution in [-0.2, 0) is 9.63 Å². The molecule has 0 aliphatic carbocycles. The van der Waals surface area contributed by atoms with Crippen molar-refractivity contribution >= 4 is 11.7 Å². The standard InChI is InChI=1S/C16H22N2O4/c1-16(2,3)15(19)22-17-9-7-12(8-10-17)13-5-4-6-14(11-13)18(20)21/h4-6,11-12H,7-10H2,1-3H3. The van der Waals surface area contributed by atoms with E-state index < -0.39 is 5.41 Å². The molecule has 0 aromatic heterocycles. The number of nitro groups is 1. The second-order valence-corrected chi connectivity index (χ2v) is 6.68. The van der Waals surface area contributed by atoms with Crippen LogP contribution in [0.3, 0.4) is 0 Å². The topological polar surface area (TPSA) is 72.7 Å². The first kappa shape index (κ1) is 16.4. The fraction of sp³-hybridized carbons (Fsp3) is 0.562. The fourth-order valence-electron chi connectivity index (χ4n) is 2.43. The number of hydroxylamine groups is 2. The number of nitrogens with zero attached hydrogens (tertiary/aromatic N) is 2. The Kier molecular flexibility index (Phi) is 4.81. The van der Waals surface area contributed by atoms with Gasteiger partial charge in [0.15, 0.2) is 0 Å². The molecule has 1 fully saturated rings. The molecule has 0 N–H and O–H groups in total. The average molecular weight is 306 g/mol. The van der Waals surface area contributed by atoms with Crippen molar-refractivity contribution in [2.75, 3.05) is 13.1 Å². The Morgan fingerprint density at radius 1 is 1.32 bits per heavy atom. The molecule has 1 aromatic rings. The monoisotopic (exact) mass is 306 g/mol. The van der Waals surface area contributed by atoms with Crippen LogP contribution in [0.2, 0.25) is 0 Å². The van der Waals surface area contributed by atoms with E-state index in [1.165, 1.54) is 6.07 Å². The van der Waals surface area contributed by atoms with Gasteiger partial charge in [0.25, 0.3) is 5.69 Å². The molecule has 22 heavy (non-hydrogen) atoms. The molecule has 1 heterocycles. The Hall–Kier alpha value is -1.95. The van der Waals surface area contributed by atoms with Crippen LogP contribution in [0.15, 0.2) is 24.3 Å². The van der Waals surface area contributed by atoms with Gasteiger partial charge in [-0.3, -0.25) is 10.1 Å². The van der Waals surface area contributed by atoms with Crippen LogP contribution in [0.4, 0.5) is 5.69 Å². The lowest BCUT2D eigenvalue weighted by molar-refractivity contribution is -0.384. The summed E-state index contributed by atoms with van der Waals surface area (Å²) in [5.74, 6) is 0.0331. The normalized spacial score (nSPS) is 17.2. The summed E-state index contributed by atoms with van der Waals surface area (Å²) in [6.07, 6.45) is 1.64. The molecular weight excluding hydrogens is 284 g/mol. The number of non-ortho nitro benzene ring substituents is 1. The van der Waals surface area contributed by atoms with Crippen molar-refractivity contribution in [1.82, 2.24) is 5.06 Å². The summed E-state index contributed by atoms with van der Waals surface area (Å²) in [5.41, 5.74) is 0.590. The van der Waals surface area contributed by atoms with E-state index in [1.54, 1.807) is 17.2 Å². The van der Waals surface area contributed by atoms with Gasteiger partial charge in [0, 0.05) is 25.2 Å². The second-order valence-electron chi connectivity index (χ2n) is 6.68. The predicted molar refractivity (Wildman–Crippen MR) is 82.2 cm³/mol. The molecule has 0 bridgehead atoms. The van der Waals surface area contributed by atoms with Gasteiger partial charge >= 0.3 is 5.97 Å². The van der Waals surface area contributed by atoms with Gasteiger partial charge in [-0.15, -0.1) is 5.06 Å². The first-order chi connectivity index (χ1) is 10.3. The molecule has 120 valence electrons. The molecule has 2 rings (SSSR count). The number of benzene rings is 1. The Morgan fingerprint density at radius 3 is 2.50 bits per heavy atom. The van der Waals surface area contributed by atoms with E-state index in [2.05, 4.69) is 0 Å². The molecular formula is C16H22N2O4. The van der Waals surface area contributed by atoms with E-state index in [-0.39, 0.29) is 22.5 Å². The Morgan fingerprint density at radius 2 is 1.95 bits per heavy atom. The number of carbonyl (C=O) groups is 1. The smallest absolute Gasteiger partial charge is 0.330 e. The Bertz CT molecular complexity index is 558. The number of hydrogen-bond acceptors (Lipinski definition) is 5. The highest BCUT2D eigenvalue weighted by molar-refractivity contribution is 5.75. The van der Waals surface area contributed by atoms with E-state index in [9.17, 15) is 14.9 Å². The van der Waals surface area contributed by atoms with Crippen LogP contribution in [0.1, 0.15) is 45.1 Å². The van der Waals surface area contributed by atoms with Crippen LogP contribution in [0, 0.1) is 15.5 Å². The lowest BCUT2D eigenvalue weighted by Crippen LogP contribution is -2.38. The molecule has 1 aliphatic rings. The van der Waals surface area contributed by atoms with E-state index >= 15 is 0 Å². The van der Waals surface area contributed by atoms with Crippen LogP contribution in [-0.4, -0.2) is 29.0 Å². The summed E-state index contributed by atoms with van der Waals surface area (Å²) in [4.78, 5) is 27.7. The van der Waals surface area contributed by atoms with E-state index in [0.717, 1.165) is 18.4 Å². The van der Waals surface area contributed by atoms with Gasteiger partial charge in [-0.1, -0.05) is 12.1 Å². The minimum absolute atomic E-state index is 0.124. The molecule has 0 amide bonds. The van der Waals surface area contributed by atoms with Crippen LogP contribution < -0.4 is 0 Å². The third-order valence-electron chi connectivity index (χ3n) is 3.83. The zero-order valence-corrected chi connectivity index (χ0v) is 13.2. The molecule has 0 atom stereocenters. The van der Waals surface area contributed by atoms with Crippen LogP contribution in [0.5, 0.6) is 0 Å². The second kappa shape index (κ2) is 6.44. The lowest BCUT2D eigenvalue weighted by atomic mass is 9.90. The van der Waals surface area contributed by atoms with Crippen molar-refractivity contribution in [2.45, 2.75) is 39.5 Å². The molecule has 0 unspecified atom stereocenters. The summed E-state index contributed by atoms with van der Waals surface area (Å²) >= 11 is 0. The minimum atomic E-state index is -0.517. The third-order valence-corrected chi connectivity index (χ3v) is 3.83. The van der Waals surface area contributed by atoms with Gasteiger partial charge < -0.3 is 4.84 Å². The molecule has 0 spiro atoms. The highest BCUT2D eigenvalue weighted by Gasteiger charge is 2.29. The molecule has 1 aliphatic heterocycles. The maximum atomic E-state index is 11.9. The van der Waals surface area contributed by atoms with Gasteiger partial charge in [0.2, 0.25) is 0 Å². The number of carbonyl (C=O) groups excluding carboxylic acids is 1. The lowest BCUT2D eigenvalue weighted by Gasteiger charge is -2.32. The Balaban J connectivity index is 1.94. The summed E-state index contributed by atoms with van der Waals surface area (Å²) in [5, 5.41) is 12.5. The van der Waals surface area contributed by atoms with Gasteiger partial charge in [-0.25, -0.2) is 4.79 Å². The van der Waals surface area contributed by atoms with Crippen molar-refractivity contribution < 1.29 is 14.6 Å². The van der Waals surface area contributed by atoms with Crippen molar-refractivity contribution in [3.05, 3.63) is 39.9 Å². The molecule has 0 saturated carbocycles. The van der Waals surface area contributed by atoms with Crippen molar-refractivity contribution in [2.24, 2.45) is 5.41 Å². The maximum absolute atomic E-state index is 11.9. The predicted octanol–water partition coefficient (Wildman–Crippen LogP) is 3.28. The van der Waals surface area contributed by atoms with E-state index in [0.29, 0.717) is 13.1 Å². The molecule has 1 aromatic carbocycles. The van der Waals surface area contributed by atoms with E-state index in [1.807, 2.05) is 26.8 Å². The first-order valence-corrected chi connectivity index (χ1v) is 7.49. The van der Waals surface area contributed by atoms with Gasteiger partial charge in [-0.05, 0) is 45.1 Å². The van der Waals surface area contributed by atoms with Gasteiger partial charge in [-0.2, -0.15) is 0 Å². The zero-order valence-electron chi connectivity index (χ0n) is 13.2. The van der Waals surface area contributed by atoms with Gasteiger partial charge in [0.1, 0.15) is 0 Å². The highest BCUT2D eigenvalue weighted by Crippen LogP contribution is 2.30. The quantitative estimate of drug-likeness (QED) is 0.633. The number of hydrogen-bond donors (Lipinski definition) is 0. The number of piperidine rings is 1. The largest absolute Gasteiger partial charge is 0.367 e. The molecule has 1 saturated heterocycles. The van der Waals surface area contributed by atoms with Crippen molar-refractivity contribution in [3.63, 3.8) is 0 Å². The summed E-state index contributed by atoms with van der Waals surface area (Å²) in [7, 11) is 0. The zero-order chi connectivity index (χ0) is 16.3. The van der Waals surface area contributed by atoms with Crippen LogP contribution in [0.25, 0.3) is 0 Å². The molecule has 0 radical (unpaired) electrons. The SMILES string of the molecule is CC(C)(C)C(=O)ON1CCC(c2cccc([N+](=O)[O-])c2)CC1. The molecule has 6 heteroatoms. The van der Waals surface area contributed by atoms with Gasteiger partial charge in [0.05, 0.1) is 10.3 Å². The van der Waals surface area contributed by atoms with E-state index in [4.69, 9.17) is 4.84 Å². The van der Waals surface area contributed by atoms with Crippen molar-refractivity contribution in [3.8, 4) is 0 Å². The summed E-state index contributed by atoms with van der Waals surface area (Å²) in [6, 6.07) is 6.79. The Labute approximate surface area is 130 Å². The summed E-state index contributed by atoms with van der Waals surface area (Å²) < 4.78 is 0. The average Bonchev–Trinajstić information content (AvgIpc) is 2.47. The van der Waals surface area contributed by atoms with Crippen molar-refractivity contribution in [1.29, 1.82) is 0 Å². The van der Waals surface area contributed by atoms with Crippen LogP contribution >= 0.6 is 0 Å². The maximum Gasteiger partial charge on any atom is 0.330 e. The number of rotatable bonds is 3. The molecule has 6 nitrogen and oxygen atoms in total. The highest BCUT2D eigenvalue weighted by atomic mass is 16.7. The fourth-order valence-corrected chi connectivity index (χ4v) is 2.43.